The number of rotatable bonds is 4. The Bertz CT molecular complexity index is 417. The maximum absolute atomic E-state index is 13.6. The fraction of sp³-hybridized carbons (Fsp3) is 0.364. The summed E-state index contributed by atoms with van der Waals surface area (Å²) < 4.78 is 18.1. The van der Waals surface area contributed by atoms with Crippen molar-refractivity contribution in [2.75, 3.05) is 6.61 Å². The van der Waals surface area contributed by atoms with Crippen LogP contribution in [0, 0.1) is 0 Å². The topological polar surface area (TPSA) is 72.5 Å². The van der Waals surface area contributed by atoms with E-state index in [9.17, 15) is 14.3 Å². The molecule has 0 amide bonds. The number of phenols is 1. The van der Waals surface area contributed by atoms with Crippen LogP contribution in [0.25, 0.3) is 0 Å². The van der Waals surface area contributed by atoms with Gasteiger partial charge in [0.1, 0.15) is 5.75 Å². The number of esters is 1. The van der Waals surface area contributed by atoms with Crippen LogP contribution < -0.4 is 5.73 Å². The van der Waals surface area contributed by atoms with Gasteiger partial charge in [0.25, 0.3) is 0 Å². The number of carbonyl (C=O) groups excluding carboxylic acids is 1. The van der Waals surface area contributed by atoms with Gasteiger partial charge in [-0.25, -0.2) is 9.18 Å². The van der Waals surface area contributed by atoms with Crippen LogP contribution in [-0.2, 0) is 9.53 Å². The Labute approximate surface area is 115 Å². The van der Waals surface area contributed by atoms with E-state index in [0.717, 1.165) is 0 Å². The lowest BCUT2D eigenvalue weighted by molar-refractivity contribution is -0.149. The molecular weight excluding hydrogens is 284 g/mol. The number of phenolic OH excluding ortho intramolecular Hbond substituents is 1. The Kier molecular flexibility index (Phi) is 6.98. The lowest BCUT2D eigenvalue weighted by Gasteiger charge is -2.17. The standard InChI is InChI=1S/C11H13ClFNO3.ClH/c1-2-17-11(16)8(13)9(14)6-4-3-5-7(12)10(6)15;/h3-5,8-9,15H,2,14H2,1H3;1H/t8?,9-;/m1./s1. The molecule has 2 atom stereocenters. The first-order valence-electron chi connectivity index (χ1n) is 5.02. The molecule has 0 aromatic heterocycles. The molecule has 102 valence electrons. The van der Waals surface area contributed by atoms with E-state index in [1.165, 1.54) is 18.2 Å². The van der Waals surface area contributed by atoms with Crippen molar-refractivity contribution in [2.45, 2.75) is 19.1 Å². The Morgan fingerprint density at radius 2 is 2.22 bits per heavy atom. The number of ether oxygens (including phenoxy) is 1. The molecule has 1 unspecified atom stereocenters. The number of benzene rings is 1. The van der Waals surface area contributed by atoms with Crippen molar-refractivity contribution in [2.24, 2.45) is 5.73 Å². The van der Waals surface area contributed by atoms with Gasteiger partial charge in [-0.2, -0.15) is 0 Å². The Balaban J connectivity index is 0.00000289. The van der Waals surface area contributed by atoms with E-state index in [4.69, 9.17) is 17.3 Å². The lowest BCUT2D eigenvalue weighted by atomic mass is 10.0. The maximum atomic E-state index is 13.6. The number of carbonyl (C=O) groups is 1. The number of hydrogen-bond acceptors (Lipinski definition) is 4. The fourth-order valence-corrected chi connectivity index (χ4v) is 1.51. The number of nitrogens with two attached hydrogens (primary N) is 1. The molecule has 0 radical (unpaired) electrons. The predicted molar refractivity (Wildman–Crippen MR) is 68.8 cm³/mol. The molecule has 0 fully saturated rings. The number of hydrogen-bond donors (Lipinski definition) is 2. The lowest BCUT2D eigenvalue weighted by Crippen LogP contribution is -2.31. The quantitative estimate of drug-likeness (QED) is 0.837. The predicted octanol–water partition coefficient (Wildman–Crippen LogP) is 2.37. The number of aromatic hydroxyl groups is 1. The first kappa shape index (κ1) is 17.0. The van der Waals surface area contributed by atoms with Crippen molar-refractivity contribution in [1.29, 1.82) is 0 Å². The minimum absolute atomic E-state index is 0. The second-order valence-electron chi connectivity index (χ2n) is 3.36. The molecule has 0 spiro atoms. The maximum Gasteiger partial charge on any atom is 0.342 e. The zero-order chi connectivity index (χ0) is 13.0. The van der Waals surface area contributed by atoms with Crippen LogP contribution in [0.15, 0.2) is 18.2 Å². The highest BCUT2D eigenvalue weighted by atomic mass is 35.5. The fourth-order valence-electron chi connectivity index (χ4n) is 1.33. The normalized spacial score (nSPS) is 13.3. The monoisotopic (exact) mass is 297 g/mol. The Morgan fingerprint density at radius 1 is 1.61 bits per heavy atom. The zero-order valence-corrected chi connectivity index (χ0v) is 11.2. The summed E-state index contributed by atoms with van der Waals surface area (Å²) >= 11 is 5.66. The van der Waals surface area contributed by atoms with Gasteiger partial charge in [-0.1, -0.05) is 23.7 Å². The second-order valence-corrected chi connectivity index (χ2v) is 3.76. The molecule has 0 heterocycles. The van der Waals surface area contributed by atoms with Crippen LogP contribution in [0.3, 0.4) is 0 Å². The number of alkyl halides is 1. The summed E-state index contributed by atoms with van der Waals surface area (Å²) in [6.07, 6.45) is -2.04. The van der Waals surface area contributed by atoms with Gasteiger partial charge in [0.15, 0.2) is 0 Å². The summed E-state index contributed by atoms with van der Waals surface area (Å²) in [6, 6.07) is 3.03. The van der Waals surface area contributed by atoms with Crippen molar-refractivity contribution in [3.05, 3.63) is 28.8 Å². The van der Waals surface area contributed by atoms with Crippen molar-refractivity contribution in [3.63, 3.8) is 0 Å². The molecule has 3 N–H and O–H groups in total. The Morgan fingerprint density at radius 3 is 2.78 bits per heavy atom. The molecular formula is C11H14Cl2FNO3. The largest absolute Gasteiger partial charge is 0.506 e. The van der Waals surface area contributed by atoms with Gasteiger partial charge in [0.2, 0.25) is 6.17 Å². The summed E-state index contributed by atoms with van der Waals surface area (Å²) in [7, 11) is 0. The summed E-state index contributed by atoms with van der Waals surface area (Å²) in [6.45, 7) is 1.63. The summed E-state index contributed by atoms with van der Waals surface area (Å²) in [5.74, 6) is -1.38. The van der Waals surface area contributed by atoms with Crippen molar-refractivity contribution in [1.82, 2.24) is 0 Å². The third-order valence-corrected chi connectivity index (χ3v) is 2.51. The summed E-state index contributed by atoms with van der Waals surface area (Å²) in [4.78, 5) is 11.2. The first-order chi connectivity index (χ1) is 7.99. The SMILES string of the molecule is CCOC(=O)C(F)[C@H](N)c1cccc(Cl)c1O.Cl. The minimum Gasteiger partial charge on any atom is -0.506 e. The summed E-state index contributed by atoms with van der Waals surface area (Å²) in [5, 5.41) is 9.65. The molecule has 1 aromatic rings. The van der Waals surface area contributed by atoms with Crippen LogP contribution in [-0.4, -0.2) is 23.9 Å². The van der Waals surface area contributed by atoms with E-state index in [1.807, 2.05) is 0 Å². The van der Waals surface area contributed by atoms with E-state index < -0.39 is 18.2 Å². The van der Waals surface area contributed by atoms with Gasteiger partial charge < -0.3 is 15.6 Å². The van der Waals surface area contributed by atoms with E-state index in [-0.39, 0.29) is 35.3 Å². The van der Waals surface area contributed by atoms with Crippen molar-refractivity contribution < 1.29 is 19.0 Å². The highest BCUT2D eigenvalue weighted by Gasteiger charge is 2.29. The van der Waals surface area contributed by atoms with Gasteiger partial charge in [0.05, 0.1) is 17.7 Å². The van der Waals surface area contributed by atoms with E-state index >= 15 is 0 Å². The van der Waals surface area contributed by atoms with Crippen LogP contribution >= 0.6 is 24.0 Å². The van der Waals surface area contributed by atoms with Crippen molar-refractivity contribution >= 4 is 30.0 Å². The molecule has 0 bridgehead atoms. The van der Waals surface area contributed by atoms with Gasteiger partial charge in [-0.15, -0.1) is 12.4 Å². The molecule has 0 saturated heterocycles. The van der Waals surface area contributed by atoms with Crippen LogP contribution in [0.4, 0.5) is 4.39 Å². The average Bonchev–Trinajstić information content (AvgIpc) is 2.31. The van der Waals surface area contributed by atoms with Gasteiger partial charge >= 0.3 is 5.97 Å². The number of para-hydroxylation sites is 1. The van der Waals surface area contributed by atoms with E-state index in [2.05, 4.69) is 4.74 Å². The molecule has 1 rings (SSSR count). The molecule has 18 heavy (non-hydrogen) atoms. The highest BCUT2D eigenvalue weighted by molar-refractivity contribution is 6.32. The van der Waals surface area contributed by atoms with Crippen LogP contribution in [0.2, 0.25) is 5.02 Å². The Hall–Kier alpha value is -1.04. The van der Waals surface area contributed by atoms with Crippen molar-refractivity contribution in [3.8, 4) is 5.75 Å². The first-order valence-corrected chi connectivity index (χ1v) is 5.40. The van der Waals surface area contributed by atoms with E-state index in [1.54, 1.807) is 6.92 Å². The van der Waals surface area contributed by atoms with Crippen LogP contribution in [0.5, 0.6) is 5.75 Å². The average molecular weight is 298 g/mol. The molecule has 0 aliphatic rings. The third-order valence-electron chi connectivity index (χ3n) is 2.20. The highest BCUT2D eigenvalue weighted by Crippen LogP contribution is 2.32. The molecule has 0 aliphatic heterocycles. The second kappa shape index (κ2) is 7.41. The molecule has 4 nitrogen and oxygen atoms in total. The van der Waals surface area contributed by atoms with Gasteiger partial charge in [-0.3, -0.25) is 0 Å². The van der Waals surface area contributed by atoms with Gasteiger partial charge in [0, 0.05) is 5.56 Å². The molecule has 0 saturated carbocycles. The molecule has 1 aromatic carbocycles. The van der Waals surface area contributed by atoms with Gasteiger partial charge in [-0.05, 0) is 13.0 Å². The molecule has 7 heteroatoms. The third kappa shape index (κ3) is 3.73. The number of halogens is 3. The van der Waals surface area contributed by atoms with E-state index in [0.29, 0.717) is 0 Å². The smallest absolute Gasteiger partial charge is 0.342 e. The zero-order valence-electron chi connectivity index (χ0n) is 9.60. The summed E-state index contributed by atoms with van der Waals surface area (Å²) in [5.41, 5.74) is 5.61. The minimum atomic E-state index is -2.04. The molecule has 0 aliphatic carbocycles. The van der Waals surface area contributed by atoms with Crippen LogP contribution in [0.1, 0.15) is 18.5 Å².